The van der Waals surface area contributed by atoms with Crippen LogP contribution in [0.25, 0.3) is 0 Å². The van der Waals surface area contributed by atoms with Crippen LogP contribution in [0, 0.1) is 0 Å². The summed E-state index contributed by atoms with van der Waals surface area (Å²) in [6, 6.07) is 0. The van der Waals surface area contributed by atoms with Crippen LogP contribution in [0.1, 0.15) is 16.8 Å². The molecule has 2 rings (SSSR count). The van der Waals surface area contributed by atoms with Gasteiger partial charge in [0.25, 0.3) is 0 Å². The van der Waals surface area contributed by atoms with Crippen molar-refractivity contribution in [3.63, 3.8) is 0 Å². The molecule has 0 bridgehead atoms. The molecule has 0 aliphatic carbocycles. The van der Waals surface area contributed by atoms with Crippen LogP contribution in [-0.4, -0.2) is 29.3 Å². The van der Waals surface area contributed by atoms with Crippen LogP contribution in [0.15, 0.2) is 18.5 Å². The van der Waals surface area contributed by atoms with Crippen LogP contribution in [0.2, 0.25) is 5.15 Å². The van der Waals surface area contributed by atoms with Crippen molar-refractivity contribution in [3.05, 3.63) is 29.2 Å². The van der Waals surface area contributed by atoms with E-state index >= 15 is 0 Å². The Kier molecular flexibility index (Phi) is 2.68. The smallest absolute Gasteiger partial charge is 0.156 e. The van der Waals surface area contributed by atoms with E-state index in [4.69, 9.17) is 11.6 Å². The molecule has 1 aromatic heterocycles. The molecular formula is C10H10ClN3O. The zero-order valence-corrected chi connectivity index (χ0v) is 8.87. The van der Waals surface area contributed by atoms with Crippen LogP contribution in [0.4, 0.5) is 5.82 Å². The number of aromatic nitrogens is 2. The topological polar surface area (TPSA) is 46.1 Å². The largest absolute Gasteiger partial charge is 0.352 e. The number of halogens is 1. The van der Waals surface area contributed by atoms with Gasteiger partial charge < -0.3 is 4.90 Å². The van der Waals surface area contributed by atoms with Crippen molar-refractivity contribution < 1.29 is 4.79 Å². The van der Waals surface area contributed by atoms with E-state index in [0.29, 0.717) is 17.7 Å². The highest BCUT2D eigenvalue weighted by Crippen LogP contribution is 2.25. The third kappa shape index (κ3) is 1.85. The van der Waals surface area contributed by atoms with Crippen molar-refractivity contribution in [2.75, 3.05) is 18.0 Å². The molecule has 0 amide bonds. The van der Waals surface area contributed by atoms with E-state index in [9.17, 15) is 4.79 Å². The van der Waals surface area contributed by atoms with Gasteiger partial charge in [-0.2, -0.15) is 0 Å². The monoisotopic (exact) mass is 223 g/mol. The van der Waals surface area contributed by atoms with Crippen molar-refractivity contribution >= 4 is 23.7 Å². The number of carbonyl (C=O) groups is 1. The molecule has 0 spiro atoms. The highest BCUT2D eigenvalue weighted by atomic mass is 35.5. The lowest BCUT2D eigenvalue weighted by atomic mass is 10.3. The van der Waals surface area contributed by atoms with Gasteiger partial charge in [-0.05, 0) is 6.42 Å². The third-order valence-corrected chi connectivity index (χ3v) is 2.68. The first-order chi connectivity index (χ1) is 7.22. The van der Waals surface area contributed by atoms with Gasteiger partial charge in [-0.25, -0.2) is 9.97 Å². The molecule has 2 heterocycles. The fourth-order valence-electron chi connectivity index (χ4n) is 1.62. The van der Waals surface area contributed by atoms with Gasteiger partial charge in [0.05, 0.1) is 5.56 Å². The first-order valence-electron chi connectivity index (χ1n) is 4.59. The predicted molar refractivity (Wildman–Crippen MR) is 58.4 cm³/mol. The number of rotatable bonds is 2. The van der Waals surface area contributed by atoms with Crippen LogP contribution >= 0.6 is 11.6 Å². The summed E-state index contributed by atoms with van der Waals surface area (Å²) in [5, 5.41) is 0.201. The summed E-state index contributed by atoms with van der Waals surface area (Å²) in [6.45, 7) is 5.46. The van der Waals surface area contributed by atoms with E-state index in [2.05, 4.69) is 16.5 Å². The Labute approximate surface area is 92.6 Å². The van der Waals surface area contributed by atoms with Gasteiger partial charge in [-0.15, -0.1) is 0 Å². The second kappa shape index (κ2) is 3.98. The minimum atomic E-state index is 0.201. The highest BCUT2D eigenvalue weighted by Gasteiger charge is 2.20. The number of nitrogens with zero attached hydrogens (tertiary/aromatic N) is 3. The molecule has 1 fully saturated rings. The fourth-order valence-corrected chi connectivity index (χ4v) is 1.79. The maximum absolute atomic E-state index is 10.9. The molecule has 0 radical (unpaired) electrons. The summed E-state index contributed by atoms with van der Waals surface area (Å²) < 4.78 is 0. The minimum absolute atomic E-state index is 0.201. The molecule has 0 saturated carbocycles. The minimum Gasteiger partial charge on any atom is -0.352 e. The van der Waals surface area contributed by atoms with E-state index in [-0.39, 0.29) is 5.15 Å². The molecule has 0 atom stereocenters. The zero-order chi connectivity index (χ0) is 10.8. The van der Waals surface area contributed by atoms with Gasteiger partial charge in [0.1, 0.15) is 17.3 Å². The van der Waals surface area contributed by atoms with Crippen LogP contribution in [0.5, 0.6) is 0 Å². The summed E-state index contributed by atoms with van der Waals surface area (Å²) in [6.07, 6.45) is 2.99. The molecular weight excluding hydrogens is 214 g/mol. The normalized spacial score (nSPS) is 15.8. The van der Waals surface area contributed by atoms with Crippen LogP contribution < -0.4 is 4.90 Å². The van der Waals surface area contributed by atoms with Crippen molar-refractivity contribution in [1.29, 1.82) is 0 Å². The van der Waals surface area contributed by atoms with Crippen molar-refractivity contribution in [2.24, 2.45) is 0 Å². The van der Waals surface area contributed by atoms with Crippen LogP contribution in [-0.2, 0) is 0 Å². The lowest BCUT2D eigenvalue weighted by Gasteiger charge is -2.17. The Balaban J connectivity index is 2.39. The van der Waals surface area contributed by atoms with E-state index in [0.717, 1.165) is 25.1 Å². The third-order valence-electron chi connectivity index (χ3n) is 2.38. The first kappa shape index (κ1) is 10.1. The zero-order valence-electron chi connectivity index (χ0n) is 8.11. The second-order valence-corrected chi connectivity index (χ2v) is 3.80. The number of anilines is 1. The SMILES string of the molecule is C=C1CCN(c2ncnc(Cl)c2C=O)C1. The first-order valence-corrected chi connectivity index (χ1v) is 4.97. The van der Waals surface area contributed by atoms with Crippen molar-refractivity contribution in [1.82, 2.24) is 9.97 Å². The number of aldehydes is 1. The Hall–Kier alpha value is -1.42. The van der Waals surface area contributed by atoms with Gasteiger partial charge in [0, 0.05) is 13.1 Å². The van der Waals surface area contributed by atoms with Gasteiger partial charge in [0.15, 0.2) is 6.29 Å². The van der Waals surface area contributed by atoms with E-state index in [1.54, 1.807) is 0 Å². The maximum Gasteiger partial charge on any atom is 0.156 e. The standard InChI is InChI=1S/C10H10ClN3O/c1-7-2-3-14(4-7)10-8(5-15)9(11)12-6-13-10/h5-6H,1-4H2. The number of carbonyl (C=O) groups excluding carboxylic acids is 1. The van der Waals surface area contributed by atoms with Crippen molar-refractivity contribution in [3.8, 4) is 0 Å². The number of hydrogen-bond donors (Lipinski definition) is 0. The van der Waals surface area contributed by atoms with E-state index in [1.165, 1.54) is 6.33 Å². The Morgan fingerprint density at radius 2 is 2.33 bits per heavy atom. The van der Waals surface area contributed by atoms with Gasteiger partial charge in [-0.1, -0.05) is 23.8 Å². The number of hydrogen-bond acceptors (Lipinski definition) is 4. The van der Waals surface area contributed by atoms with E-state index < -0.39 is 0 Å². The molecule has 78 valence electrons. The van der Waals surface area contributed by atoms with Gasteiger partial charge in [0.2, 0.25) is 0 Å². The maximum atomic E-state index is 10.9. The van der Waals surface area contributed by atoms with Crippen molar-refractivity contribution in [2.45, 2.75) is 6.42 Å². The summed E-state index contributed by atoms with van der Waals surface area (Å²) in [5.74, 6) is 0.601. The molecule has 0 aromatic carbocycles. The van der Waals surface area contributed by atoms with Gasteiger partial charge in [-0.3, -0.25) is 4.79 Å². The Morgan fingerprint density at radius 3 is 2.93 bits per heavy atom. The molecule has 0 unspecified atom stereocenters. The van der Waals surface area contributed by atoms with Crippen LogP contribution in [0.3, 0.4) is 0 Å². The molecule has 0 N–H and O–H groups in total. The van der Waals surface area contributed by atoms with E-state index in [1.807, 2.05) is 4.90 Å². The summed E-state index contributed by atoms with van der Waals surface area (Å²) in [4.78, 5) is 20.7. The molecule has 1 aliphatic rings. The second-order valence-electron chi connectivity index (χ2n) is 3.44. The summed E-state index contributed by atoms with van der Waals surface area (Å²) in [7, 11) is 0. The lowest BCUT2D eigenvalue weighted by Crippen LogP contribution is -2.21. The highest BCUT2D eigenvalue weighted by molar-refractivity contribution is 6.32. The average Bonchev–Trinajstić information content (AvgIpc) is 2.64. The van der Waals surface area contributed by atoms with Gasteiger partial charge >= 0.3 is 0 Å². The Bertz CT molecular complexity index is 419. The quantitative estimate of drug-likeness (QED) is 0.435. The molecule has 1 aliphatic heterocycles. The molecule has 4 nitrogen and oxygen atoms in total. The molecule has 1 saturated heterocycles. The summed E-state index contributed by atoms with van der Waals surface area (Å²) in [5.41, 5.74) is 1.50. The lowest BCUT2D eigenvalue weighted by molar-refractivity contribution is 0.112. The molecule has 1 aromatic rings. The molecule has 5 heteroatoms. The fraction of sp³-hybridized carbons (Fsp3) is 0.300. The predicted octanol–water partition coefficient (Wildman–Crippen LogP) is 1.71. The average molecular weight is 224 g/mol. The summed E-state index contributed by atoms with van der Waals surface area (Å²) >= 11 is 5.81. The Morgan fingerprint density at radius 1 is 1.53 bits per heavy atom. The molecule has 15 heavy (non-hydrogen) atoms.